The van der Waals surface area contributed by atoms with E-state index < -0.39 is 0 Å². The summed E-state index contributed by atoms with van der Waals surface area (Å²) in [5.41, 5.74) is 3.70. The van der Waals surface area contributed by atoms with E-state index in [2.05, 4.69) is 29.2 Å². The highest BCUT2D eigenvalue weighted by molar-refractivity contribution is 6.17. The Bertz CT molecular complexity index is 570. The van der Waals surface area contributed by atoms with Gasteiger partial charge in [-0.15, -0.1) is 11.6 Å². The maximum Gasteiger partial charge on any atom is 0.142 e. The van der Waals surface area contributed by atoms with Crippen LogP contribution in [0.1, 0.15) is 35.6 Å². The van der Waals surface area contributed by atoms with Gasteiger partial charge in [0.1, 0.15) is 11.9 Å². The summed E-state index contributed by atoms with van der Waals surface area (Å²) in [4.78, 5) is 4.13. The minimum absolute atomic E-state index is 0.121. The number of hydrogen-bond donors (Lipinski definition) is 0. The van der Waals surface area contributed by atoms with Gasteiger partial charge in [0.2, 0.25) is 0 Å². The lowest BCUT2D eigenvalue weighted by Gasteiger charge is -2.26. The quantitative estimate of drug-likeness (QED) is 0.779. The summed E-state index contributed by atoms with van der Waals surface area (Å²) in [6.45, 7) is 0. The van der Waals surface area contributed by atoms with Crippen molar-refractivity contribution >= 4 is 11.6 Å². The minimum atomic E-state index is 0.121. The van der Waals surface area contributed by atoms with Gasteiger partial charge in [0.05, 0.1) is 12.1 Å². The Hall–Kier alpha value is -1.54. The van der Waals surface area contributed by atoms with Crippen LogP contribution >= 0.6 is 11.6 Å². The first-order chi connectivity index (χ1) is 9.38. The van der Waals surface area contributed by atoms with Crippen molar-refractivity contribution < 1.29 is 4.74 Å². The fraction of sp³-hybridized carbons (Fsp3) is 0.312. The molecule has 1 heterocycles. The van der Waals surface area contributed by atoms with Crippen molar-refractivity contribution in [2.75, 3.05) is 0 Å². The summed E-state index contributed by atoms with van der Waals surface area (Å²) in [5.74, 6) is 1.26. The SMILES string of the molecule is ClCc1ccncc1OC1CCCc2ccccc21. The molecule has 1 unspecified atom stereocenters. The summed E-state index contributed by atoms with van der Waals surface area (Å²) < 4.78 is 6.16. The van der Waals surface area contributed by atoms with E-state index in [0.717, 1.165) is 30.6 Å². The normalized spacial score (nSPS) is 17.8. The van der Waals surface area contributed by atoms with Crippen LogP contribution in [0.4, 0.5) is 0 Å². The van der Waals surface area contributed by atoms with Crippen molar-refractivity contribution in [1.29, 1.82) is 0 Å². The lowest BCUT2D eigenvalue weighted by atomic mass is 9.89. The monoisotopic (exact) mass is 273 g/mol. The Labute approximate surface area is 118 Å². The molecule has 19 heavy (non-hydrogen) atoms. The fourth-order valence-electron chi connectivity index (χ4n) is 2.61. The number of benzene rings is 1. The van der Waals surface area contributed by atoms with Crippen LogP contribution in [0.25, 0.3) is 0 Å². The largest absolute Gasteiger partial charge is 0.484 e. The molecule has 0 aliphatic heterocycles. The Balaban J connectivity index is 1.88. The molecule has 0 bridgehead atoms. The first-order valence-corrected chi connectivity index (χ1v) is 7.15. The summed E-state index contributed by atoms with van der Waals surface area (Å²) in [6, 6.07) is 10.4. The summed E-state index contributed by atoms with van der Waals surface area (Å²) in [7, 11) is 0. The van der Waals surface area contributed by atoms with Crippen LogP contribution in [-0.2, 0) is 12.3 Å². The molecule has 3 heteroatoms. The van der Waals surface area contributed by atoms with Crippen LogP contribution < -0.4 is 4.74 Å². The maximum absolute atomic E-state index is 6.16. The molecule has 98 valence electrons. The third-order valence-corrected chi connectivity index (χ3v) is 3.89. The van der Waals surface area contributed by atoms with E-state index in [1.807, 2.05) is 6.07 Å². The summed E-state index contributed by atoms with van der Waals surface area (Å²) in [6.07, 6.45) is 6.99. The highest BCUT2D eigenvalue weighted by Gasteiger charge is 2.22. The first kappa shape index (κ1) is 12.5. The van der Waals surface area contributed by atoms with Crippen LogP contribution in [0.2, 0.25) is 0 Å². The molecule has 1 aromatic heterocycles. The van der Waals surface area contributed by atoms with Gasteiger partial charge in [-0.1, -0.05) is 24.3 Å². The van der Waals surface area contributed by atoms with E-state index in [9.17, 15) is 0 Å². The summed E-state index contributed by atoms with van der Waals surface area (Å²) in [5, 5.41) is 0. The smallest absolute Gasteiger partial charge is 0.142 e. The van der Waals surface area contributed by atoms with Gasteiger partial charge in [-0.25, -0.2) is 0 Å². The number of fused-ring (bicyclic) bond motifs is 1. The van der Waals surface area contributed by atoms with Gasteiger partial charge in [0.25, 0.3) is 0 Å². The number of aromatic nitrogens is 1. The number of pyridine rings is 1. The molecule has 3 rings (SSSR count). The zero-order valence-electron chi connectivity index (χ0n) is 10.7. The molecule has 0 amide bonds. The predicted molar refractivity (Wildman–Crippen MR) is 76.5 cm³/mol. The summed E-state index contributed by atoms with van der Waals surface area (Å²) >= 11 is 5.94. The molecule has 2 aromatic rings. The number of ether oxygens (including phenoxy) is 1. The molecule has 1 aromatic carbocycles. The molecule has 1 atom stereocenters. The van der Waals surface area contributed by atoms with E-state index in [1.165, 1.54) is 11.1 Å². The standard InChI is InChI=1S/C16H16ClNO/c17-10-13-8-9-18-11-16(13)19-15-7-3-5-12-4-1-2-6-14(12)15/h1-2,4,6,8-9,11,15H,3,5,7,10H2. The Morgan fingerprint density at radius 3 is 3.05 bits per heavy atom. The second-order valence-electron chi connectivity index (χ2n) is 4.81. The lowest BCUT2D eigenvalue weighted by Crippen LogP contribution is -2.15. The molecule has 1 aliphatic carbocycles. The molecule has 2 nitrogen and oxygen atoms in total. The zero-order valence-corrected chi connectivity index (χ0v) is 11.4. The Kier molecular flexibility index (Phi) is 3.69. The van der Waals surface area contributed by atoms with Crippen molar-refractivity contribution in [2.45, 2.75) is 31.2 Å². The fourth-order valence-corrected chi connectivity index (χ4v) is 2.83. The molecule has 0 saturated heterocycles. The second kappa shape index (κ2) is 5.62. The van der Waals surface area contributed by atoms with Gasteiger partial charge in [-0.2, -0.15) is 0 Å². The van der Waals surface area contributed by atoms with Crippen molar-refractivity contribution in [2.24, 2.45) is 0 Å². The van der Waals surface area contributed by atoms with E-state index >= 15 is 0 Å². The van der Waals surface area contributed by atoms with Crippen LogP contribution in [0.3, 0.4) is 0 Å². The lowest BCUT2D eigenvalue weighted by molar-refractivity contribution is 0.181. The number of aryl methyl sites for hydroxylation is 1. The molecule has 1 aliphatic rings. The predicted octanol–water partition coefficient (Wildman–Crippen LogP) is 4.28. The van der Waals surface area contributed by atoms with Crippen molar-refractivity contribution in [1.82, 2.24) is 4.98 Å². The topological polar surface area (TPSA) is 22.1 Å². The van der Waals surface area contributed by atoms with Crippen LogP contribution in [-0.4, -0.2) is 4.98 Å². The van der Waals surface area contributed by atoms with E-state index in [1.54, 1.807) is 12.4 Å². The van der Waals surface area contributed by atoms with Gasteiger partial charge >= 0.3 is 0 Å². The average Bonchev–Trinajstić information content (AvgIpc) is 2.48. The number of nitrogens with zero attached hydrogens (tertiary/aromatic N) is 1. The van der Waals surface area contributed by atoms with Crippen LogP contribution in [0, 0.1) is 0 Å². The maximum atomic E-state index is 6.16. The first-order valence-electron chi connectivity index (χ1n) is 6.62. The van der Waals surface area contributed by atoms with Crippen molar-refractivity contribution in [3.05, 3.63) is 59.4 Å². The zero-order chi connectivity index (χ0) is 13.1. The number of hydrogen-bond acceptors (Lipinski definition) is 2. The molecule has 0 saturated carbocycles. The van der Waals surface area contributed by atoms with Crippen molar-refractivity contribution in [3.63, 3.8) is 0 Å². The van der Waals surface area contributed by atoms with E-state index in [0.29, 0.717) is 5.88 Å². The third kappa shape index (κ3) is 2.59. The Morgan fingerprint density at radius 2 is 2.16 bits per heavy atom. The molecule has 0 radical (unpaired) electrons. The third-order valence-electron chi connectivity index (χ3n) is 3.60. The van der Waals surface area contributed by atoms with Crippen LogP contribution in [0.5, 0.6) is 5.75 Å². The molecular weight excluding hydrogens is 258 g/mol. The minimum Gasteiger partial charge on any atom is -0.484 e. The molecule has 0 spiro atoms. The molecule has 0 fully saturated rings. The van der Waals surface area contributed by atoms with Gasteiger partial charge in [0.15, 0.2) is 0 Å². The van der Waals surface area contributed by atoms with E-state index in [-0.39, 0.29) is 6.10 Å². The van der Waals surface area contributed by atoms with Gasteiger partial charge < -0.3 is 4.74 Å². The highest BCUT2D eigenvalue weighted by atomic mass is 35.5. The van der Waals surface area contributed by atoms with Gasteiger partial charge in [-0.3, -0.25) is 4.98 Å². The highest BCUT2D eigenvalue weighted by Crippen LogP contribution is 2.34. The molecular formula is C16H16ClNO. The average molecular weight is 274 g/mol. The van der Waals surface area contributed by atoms with Crippen LogP contribution in [0.15, 0.2) is 42.7 Å². The Morgan fingerprint density at radius 1 is 1.26 bits per heavy atom. The number of halogens is 1. The van der Waals surface area contributed by atoms with Gasteiger partial charge in [0, 0.05) is 11.8 Å². The van der Waals surface area contributed by atoms with Crippen molar-refractivity contribution in [3.8, 4) is 5.75 Å². The second-order valence-corrected chi connectivity index (χ2v) is 5.08. The van der Waals surface area contributed by atoms with E-state index in [4.69, 9.17) is 16.3 Å². The number of rotatable bonds is 3. The number of alkyl halides is 1. The molecule has 0 N–H and O–H groups in total. The van der Waals surface area contributed by atoms with Gasteiger partial charge in [-0.05, 0) is 36.5 Å².